The van der Waals surface area contributed by atoms with Crippen molar-refractivity contribution in [3.8, 4) is 5.75 Å². The number of ether oxygens (including phenoxy) is 1. The van der Waals surface area contributed by atoms with Crippen molar-refractivity contribution in [3.63, 3.8) is 0 Å². The van der Waals surface area contributed by atoms with Crippen molar-refractivity contribution in [2.24, 2.45) is 0 Å². The van der Waals surface area contributed by atoms with Crippen LogP contribution in [0.5, 0.6) is 5.75 Å². The van der Waals surface area contributed by atoms with Gasteiger partial charge in [-0.2, -0.15) is 0 Å². The fourth-order valence-electron chi connectivity index (χ4n) is 3.27. The van der Waals surface area contributed by atoms with Crippen LogP contribution in [0.15, 0.2) is 77.7 Å². The fraction of sp³-hybridized carbons (Fsp3) is 0.0833. The van der Waals surface area contributed by atoms with Gasteiger partial charge in [-0.25, -0.2) is 4.39 Å². The summed E-state index contributed by atoms with van der Waals surface area (Å²) in [5.41, 5.74) is 1.04. The zero-order valence-electron chi connectivity index (χ0n) is 17.1. The Morgan fingerprint density at radius 2 is 1.64 bits per heavy atom. The van der Waals surface area contributed by atoms with Gasteiger partial charge in [0.15, 0.2) is 0 Å². The van der Waals surface area contributed by atoms with E-state index in [9.17, 15) is 24.1 Å². The number of hydrogen-bond acceptors (Lipinski definition) is 6. The van der Waals surface area contributed by atoms with E-state index in [1.807, 2.05) is 0 Å². The van der Waals surface area contributed by atoms with Crippen molar-refractivity contribution < 1.29 is 23.6 Å². The van der Waals surface area contributed by atoms with Crippen LogP contribution in [-0.2, 0) is 17.9 Å². The van der Waals surface area contributed by atoms with Crippen molar-refractivity contribution in [2.75, 3.05) is 0 Å². The molecule has 0 aromatic heterocycles. The SMILES string of the molecule is O=C1S/C(=C\c2ccccc2OCc2ccccc2F)C(=O)N1Cc1ccccc1[N+](=O)[O-]. The summed E-state index contributed by atoms with van der Waals surface area (Å²) >= 11 is 0.749. The molecule has 3 aromatic carbocycles. The minimum absolute atomic E-state index is 0.00329. The largest absolute Gasteiger partial charge is 0.488 e. The van der Waals surface area contributed by atoms with E-state index in [2.05, 4.69) is 0 Å². The Morgan fingerprint density at radius 3 is 2.39 bits per heavy atom. The normalized spacial score (nSPS) is 14.7. The third-order valence-corrected chi connectivity index (χ3v) is 5.84. The number of nitro groups is 1. The highest BCUT2D eigenvalue weighted by Crippen LogP contribution is 2.36. The van der Waals surface area contributed by atoms with Gasteiger partial charge < -0.3 is 4.74 Å². The number of nitrogens with zero attached hydrogens (tertiary/aromatic N) is 2. The third kappa shape index (κ3) is 4.93. The van der Waals surface area contributed by atoms with Crippen LogP contribution in [0.1, 0.15) is 16.7 Å². The van der Waals surface area contributed by atoms with E-state index in [4.69, 9.17) is 4.74 Å². The molecule has 1 aliphatic rings. The van der Waals surface area contributed by atoms with E-state index >= 15 is 0 Å². The summed E-state index contributed by atoms with van der Waals surface area (Å²) in [6.45, 7) is -0.207. The molecule has 3 aromatic rings. The molecule has 1 fully saturated rings. The summed E-state index contributed by atoms with van der Waals surface area (Å²) in [6, 6.07) is 19.1. The molecule has 2 amide bonds. The van der Waals surface area contributed by atoms with Gasteiger partial charge in [-0.1, -0.05) is 54.6 Å². The molecule has 0 radical (unpaired) electrons. The van der Waals surface area contributed by atoms with Crippen molar-refractivity contribution in [1.82, 2.24) is 4.90 Å². The Bertz CT molecular complexity index is 1280. The second kappa shape index (κ2) is 9.66. The number of imide groups is 1. The molecule has 0 bridgehead atoms. The van der Waals surface area contributed by atoms with Crippen LogP contribution in [0.4, 0.5) is 14.9 Å². The predicted molar refractivity (Wildman–Crippen MR) is 122 cm³/mol. The average Bonchev–Trinajstić information content (AvgIpc) is 3.07. The number of halogens is 1. The molecule has 33 heavy (non-hydrogen) atoms. The summed E-state index contributed by atoms with van der Waals surface area (Å²) in [5, 5.41) is 10.7. The average molecular weight is 464 g/mol. The van der Waals surface area contributed by atoms with Crippen LogP contribution in [-0.4, -0.2) is 21.0 Å². The number of rotatable bonds is 7. The maximum absolute atomic E-state index is 13.9. The Balaban J connectivity index is 1.55. The van der Waals surface area contributed by atoms with Crippen LogP contribution < -0.4 is 4.74 Å². The number of carbonyl (C=O) groups excluding carboxylic acids is 2. The highest BCUT2D eigenvalue weighted by atomic mass is 32.2. The van der Waals surface area contributed by atoms with E-state index in [-0.39, 0.29) is 35.1 Å². The summed E-state index contributed by atoms with van der Waals surface area (Å²) in [4.78, 5) is 37.2. The topological polar surface area (TPSA) is 89.8 Å². The molecule has 1 aliphatic heterocycles. The Kier molecular flexibility index (Phi) is 6.50. The first-order chi connectivity index (χ1) is 15.9. The van der Waals surface area contributed by atoms with E-state index in [1.54, 1.807) is 48.5 Å². The van der Waals surface area contributed by atoms with Gasteiger partial charge in [0.05, 0.1) is 16.4 Å². The molecule has 0 N–H and O–H groups in total. The standard InChI is InChI=1S/C24H17FN2O5S/c25-19-10-4-1-9-18(19)15-32-21-12-6-3-7-16(21)13-22-23(28)26(24(29)33-22)14-17-8-2-5-11-20(17)27(30)31/h1-13H,14-15H2/b22-13-. The lowest BCUT2D eigenvalue weighted by Gasteiger charge is -2.12. The smallest absolute Gasteiger partial charge is 0.293 e. The van der Waals surface area contributed by atoms with Gasteiger partial charge >= 0.3 is 0 Å². The molecule has 7 nitrogen and oxygen atoms in total. The predicted octanol–water partition coefficient (Wildman–Crippen LogP) is 5.55. The fourth-order valence-corrected chi connectivity index (χ4v) is 4.10. The summed E-state index contributed by atoms with van der Waals surface area (Å²) in [6.07, 6.45) is 1.53. The highest BCUT2D eigenvalue weighted by molar-refractivity contribution is 8.18. The van der Waals surface area contributed by atoms with Gasteiger partial charge in [-0.05, 0) is 30.0 Å². The Morgan fingerprint density at radius 1 is 0.970 bits per heavy atom. The number of benzene rings is 3. The first-order valence-corrected chi connectivity index (χ1v) is 10.7. The number of carbonyl (C=O) groups is 2. The quantitative estimate of drug-likeness (QED) is 0.259. The number of amides is 2. The molecule has 4 rings (SSSR count). The van der Waals surface area contributed by atoms with Crippen molar-refractivity contribution in [3.05, 3.63) is 110 Å². The molecular formula is C24H17FN2O5S. The summed E-state index contributed by atoms with van der Waals surface area (Å²) in [7, 11) is 0. The minimum Gasteiger partial charge on any atom is -0.488 e. The van der Waals surface area contributed by atoms with Crippen LogP contribution >= 0.6 is 11.8 Å². The minimum atomic E-state index is -0.549. The lowest BCUT2D eigenvalue weighted by Crippen LogP contribution is -2.27. The highest BCUT2D eigenvalue weighted by Gasteiger charge is 2.36. The molecule has 1 saturated heterocycles. The Hall–Kier alpha value is -3.98. The van der Waals surface area contributed by atoms with E-state index in [0.29, 0.717) is 16.9 Å². The van der Waals surface area contributed by atoms with E-state index in [1.165, 1.54) is 30.3 Å². The monoisotopic (exact) mass is 464 g/mol. The van der Waals surface area contributed by atoms with Gasteiger partial charge in [0.25, 0.3) is 16.8 Å². The number of nitro benzene ring substituents is 1. The number of thioether (sulfide) groups is 1. The first-order valence-electron chi connectivity index (χ1n) is 9.87. The van der Waals surface area contributed by atoms with Crippen LogP contribution in [0.25, 0.3) is 6.08 Å². The summed E-state index contributed by atoms with van der Waals surface area (Å²) in [5.74, 6) is -0.510. The maximum atomic E-state index is 13.9. The third-order valence-electron chi connectivity index (χ3n) is 4.94. The van der Waals surface area contributed by atoms with Crippen molar-refractivity contribution in [1.29, 1.82) is 0 Å². The number of para-hydroxylation sites is 2. The summed E-state index contributed by atoms with van der Waals surface area (Å²) < 4.78 is 19.7. The molecule has 0 aliphatic carbocycles. The molecule has 9 heteroatoms. The van der Waals surface area contributed by atoms with Crippen molar-refractivity contribution in [2.45, 2.75) is 13.2 Å². The Labute approximate surface area is 192 Å². The first kappa shape index (κ1) is 22.2. The molecule has 0 atom stereocenters. The lowest BCUT2D eigenvalue weighted by molar-refractivity contribution is -0.385. The van der Waals surface area contributed by atoms with Gasteiger partial charge in [0.1, 0.15) is 18.2 Å². The molecule has 0 saturated carbocycles. The van der Waals surface area contributed by atoms with Gasteiger partial charge in [0.2, 0.25) is 0 Å². The number of hydrogen-bond donors (Lipinski definition) is 0. The van der Waals surface area contributed by atoms with Gasteiger partial charge in [-0.15, -0.1) is 0 Å². The van der Waals surface area contributed by atoms with Crippen LogP contribution in [0, 0.1) is 15.9 Å². The van der Waals surface area contributed by atoms with Crippen LogP contribution in [0.2, 0.25) is 0 Å². The van der Waals surface area contributed by atoms with Gasteiger partial charge in [0, 0.05) is 22.8 Å². The van der Waals surface area contributed by atoms with E-state index in [0.717, 1.165) is 16.7 Å². The zero-order valence-corrected chi connectivity index (χ0v) is 18.0. The van der Waals surface area contributed by atoms with Crippen LogP contribution in [0.3, 0.4) is 0 Å². The zero-order chi connectivity index (χ0) is 23.4. The van der Waals surface area contributed by atoms with Crippen molar-refractivity contribution >= 4 is 34.7 Å². The molecule has 0 spiro atoms. The molecule has 0 unspecified atom stereocenters. The molecular weight excluding hydrogens is 447 g/mol. The maximum Gasteiger partial charge on any atom is 0.293 e. The molecule has 166 valence electrons. The lowest BCUT2D eigenvalue weighted by atomic mass is 10.1. The van der Waals surface area contributed by atoms with Gasteiger partial charge in [-0.3, -0.25) is 24.6 Å². The second-order valence-corrected chi connectivity index (χ2v) is 8.06. The second-order valence-electron chi connectivity index (χ2n) is 7.07. The van der Waals surface area contributed by atoms with E-state index < -0.39 is 16.1 Å². The molecule has 1 heterocycles.